The largest absolute Gasteiger partial charge is 0.250 e. The molecule has 0 aliphatic rings. The van der Waals surface area contributed by atoms with E-state index in [2.05, 4.69) is 10.1 Å². The summed E-state index contributed by atoms with van der Waals surface area (Å²) < 4.78 is 1.80. The van der Waals surface area contributed by atoms with Crippen molar-refractivity contribution in [1.82, 2.24) is 14.8 Å². The summed E-state index contributed by atoms with van der Waals surface area (Å²) in [7, 11) is 1.90. The van der Waals surface area contributed by atoms with Crippen LogP contribution in [0, 0.1) is 13.8 Å². The van der Waals surface area contributed by atoms with Crippen LogP contribution in [-0.4, -0.2) is 14.8 Å². The highest BCUT2D eigenvalue weighted by Gasteiger charge is 2.10. The van der Waals surface area contributed by atoms with Crippen molar-refractivity contribution in [2.45, 2.75) is 19.7 Å². The number of hydrogen-bond acceptors (Lipinski definition) is 2. The monoisotopic (exact) mass is 209 g/mol. The van der Waals surface area contributed by atoms with Crippen molar-refractivity contribution < 1.29 is 0 Å². The number of aromatic nitrogens is 3. The lowest BCUT2D eigenvalue weighted by Crippen LogP contribution is -1.94. The minimum atomic E-state index is 0.506. The number of halogens is 1. The van der Waals surface area contributed by atoms with Gasteiger partial charge in [-0.25, -0.2) is 4.98 Å². The molecule has 4 heteroatoms. The van der Waals surface area contributed by atoms with E-state index in [4.69, 9.17) is 11.6 Å². The topological polar surface area (TPSA) is 30.7 Å². The molecule has 0 amide bonds. The second kappa shape index (κ2) is 3.24. The third-order valence-corrected chi connectivity index (χ3v) is 2.61. The predicted octanol–water partition coefficient (Wildman–Crippen LogP) is 2.32. The molecule has 0 N–H and O–H groups in total. The zero-order valence-electron chi connectivity index (χ0n) is 8.50. The molecule has 2 heterocycles. The first-order valence-electron chi connectivity index (χ1n) is 4.49. The van der Waals surface area contributed by atoms with Crippen LogP contribution in [-0.2, 0) is 12.9 Å². The van der Waals surface area contributed by atoms with E-state index in [0.717, 1.165) is 28.0 Å². The molecule has 0 aliphatic heterocycles. The van der Waals surface area contributed by atoms with E-state index < -0.39 is 0 Å². The van der Waals surface area contributed by atoms with Crippen LogP contribution in [0.1, 0.15) is 17.0 Å². The van der Waals surface area contributed by atoms with E-state index in [1.54, 1.807) is 4.68 Å². The second-order valence-electron chi connectivity index (χ2n) is 3.46. The fourth-order valence-electron chi connectivity index (χ4n) is 1.78. The van der Waals surface area contributed by atoms with E-state index in [0.29, 0.717) is 5.88 Å². The molecule has 0 aromatic carbocycles. The molecule has 0 saturated heterocycles. The molecule has 0 spiro atoms. The van der Waals surface area contributed by atoms with Crippen LogP contribution in [0.5, 0.6) is 0 Å². The standard InChI is InChI=1S/C10H12ClN3/c1-6-4-8(5-11)9-7(2)13-14(3)10(9)12-6/h4H,5H2,1-3H3. The third kappa shape index (κ3) is 1.28. The Morgan fingerprint density at radius 3 is 2.79 bits per heavy atom. The van der Waals surface area contributed by atoms with Gasteiger partial charge < -0.3 is 0 Å². The SMILES string of the molecule is Cc1cc(CCl)c2c(C)nn(C)c2n1. The summed E-state index contributed by atoms with van der Waals surface area (Å²) in [5.41, 5.74) is 4.00. The molecule has 0 atom stereocenters. The highest BCUT2D eigenvalue weighted by atomic mass is 35.5. The first-order chi connectivity index (χ1) is 6.63. The van der Waals surface area contributed by atoms with Crippen molar-refractivity contribution in [3.05, 3.63) is 23.0 Å². The number of nitrogens with zero attached hydrogens (tertiary/aromatic N) is 3. The fraction of sp³-hybridized carbons (Fsp3) is 0.400. The molecule has 2 aromatic heterocycles. The highest BCUT2D eigenvalue weighted by molar-refractivity contribution is 6.18. The highest BCUT2D eigenvalue weighted by Crippen LogP contribution is 2.22. The summed E-state index contributed by atoms with van der Waals surface area (Å²) >= 11 is 5.89. The maximum atomic E-state index is 5.89. The van der Waals surface area contributed by atoms with Gasteiger partial charge in [0.25, 0.3) is 0 Å². The zero-order chi connectivity index (χ0) is 10.3. The Morgan fingerprint density at radius 2 is 2.14 bits per heavy atom. The smallest absolute Gasteiger partial charge is 0.158 e. The van der Waals surface area contributed by atoms with Crippen LogP contribution < -0.4 is 0 Å². The summed E-state index contributed by atoms with van der Waals surface area (Å²) in [4.78, 5) is 4.45. The predicted molar refractivity (Wildman–Crippen MR) is 57.5 cm³/mol. The van der Waals surface area contributed by atoms with Crippen LogP contribution in [0.4, 0.5) is 0 Å². The second-order valence-corrected chi connectivity index (χ2v) is 3.73. The Bertz CT molecular complexity index is 488. The molecule has 2 aromatic rings. The van der Waals surface area contributed by atoms with Gasteiger partial charge in [0.2, 0.25) is 0 Å². The number of fused-ring (bicyclic) bond motifs is 1. The maximum absolute atomic E-state index is 5.89. The van der Waals surface area contributed by atoms with E-state index in [-0.39, 0.29) is 0 Å². The van der Waals surface area contributed by atoms with Gasteiger partial charge in [-0.1, -0.05) is 0 Å². The Hall–Kier alpha value is -1.09. The molecule has 0 bridgehead atoms. The lowest BCUT2D eigenvalue weighted by molar-refractivity contribution is 0.772. The lowest BCUT2D eigenvalue weighted by Gasteiger charge is -2.01. The molecule has 0 unspecified atom stereocenters. The fourth-order valence-corrected chi connectivity index (χ4v) is 1.99. The number of aryl methyl sites for hydroxylation is 3. The minimum Gasteiger partial charge on any atom is -0.250 e. The molecule has 2 rings (SSSR count). The Balaban J connectivity index is 2.90. The van der Waals surface area contributed by atoms with Gasteiger partial charge in [0.1, 0.15) is 0 Å². The summed E-state index contributed by atoms with van der Waals surface area (Å²) in [5, 5.41) is 5.43. The average Bonchev–Trinajstić information content (AvgIpc) is 2.41. The molecular weight excluding hydrogens is 198 g/mol. The molecule has 0 fully saturated rings. The lowest BCUT2D eigenvalue weighted by atomic mass is 10.1. The molecule has 0 aliphatic carbocycles. The summed E-state index contributed by atoms with van der Waals surface area (Å²) in [5.74, 6) is 0.506. The molecule has 14 heavy (non-hydrogen) atoms. The minimum absolute atomic E-state index is 0.506. The van der Waals surface area contributed by atoms with E-state index in [1.165, 1.54) is 0 Å². The number of pyridine rings is 1. The van der Waals surface area contributed by atoms with Crippen molar-refractivity contribution in [3.8, 4) is 0 Å². The van der Waals surface area contributed by atoms with Gasteiger partial charge in [0, 0.05) is 24.0 Å². The molecule has 3 nitrogen and oxygen atoms in total. The first-order valence-corrected chi connectivity index (χ1v) is 5.02. The Labute approximate surface area is 87.7 Å². The first kappa shape index (κ1) is 9.46. The summed E-state index contributed by atoms with van der Waals surface area (Å²) in [6.07, 6.45) is 0. The summed E-state index contributed by atoms with van der Waals surface area (Å²) in [6.45, 7) is 3.95. The average molecular weight is 210 g/mol. The number of alkyl halides is 1. The van der Waals surface area contributed by atoms with E-state index in [9.17, 15) is 0 Å². The molecule has 0 radical (unpaired) electrons. The van der Waals surface area contributed by atoms with Gasteiger partial charge in [0.05, 0.1) is 5.69 Å². The van der Waals surface area contributed by atoms with Gasteiger partial charge in [-0.3, -0.25) is 4.68 Å². The van der Waals surface area contributed by atoms with Gasteiger partial charge in [0.15, 0.2) is 5.65 Å². The molecule has 0 saturated carbocycles. The molecule has 74 valence electrons. The van der Waals surface area contributed by atoms with Crippen molar-refractivity contribution in [3.63, 3.8) is 0 Å². The van der Waals surface area contributed by atoms with E-state index in [1.807, 2.05) is 27.0 Å². The van der Waals surface area contributed by atoms with E-state index >= 15 is 0 Å². The van der Waals surface area contributed by atoms with Crippen LogP contribution >= 0.6 is 11.6 Å². The quantitative estimate of drug-likeness (QED) is 0.675. The number of rotatable bonds is 1. The van der Waals surface area contributed by atoms with Gasteiger partial charge in [-0.15, -0.1) is 11.6 Å². The van der Waals surface area contributed by atoms with Crippen molar-refractivity contribution in [1.29, 1.82) is 0 Å². The Kier molecular flexibility index (Phi) is 2.19. The molecular formula is C10H12ClN3. The zero-order valence-corrected chi connectivity index (χ0v) is 9.26. The van der Waals surface area contributed by atoms with Crippen LogP contribution in [0.15, 0.2) is 6.07 Å². The third-order valence-electron chi connectivity index (χ3n) is 2.32. The van der Waals surface area contributed by atoms with Gasteiger partial charge in [-0.2, -0.15) is 5.10 Å². The Morgan fingerprint density at radius 1 is 1.43 bits per heavy atom. The van der Waals surface area contributed by atoms with Crippen LogP contribution in [0.25, 0.3) is 11.0 Å². The maximum Gasteiger partial charge on any atom is 0.158 e. The van der Waals surface area contributed by atoms with Crippen molar-refractivity contribution in [2.75, 3.05) is 0 Å². The number of hydrogen-bond donors (Lipinski definition) is 0. The van der Waals surface area contributed by atoms with Crippen LogP contribution in [0.2, 0.25) is 0 Å². The van der Waals surface area contributed by atoms with Crippen molar-refractivity contribution >= 4 is 22.6 Å². The van der Waals surface area contributed by atoms with Gasteiger partial charge >= 0.3 is 0 Å². The van der Waals surface area contributed by atoms with Gasteiger partial charge in [-0.05, 0) is 25.5 Å². The normalized spacial score (nSPS) is 11.1. The van der Waals surface area contributed by atoms with Crippen molar-refractivity contribution in [2.24, 2.45) is 7.05 Å². The van der Waals surface area contributed by atoms with Crippen LogP contribution in [0.3, 0.4) is 0 Å². The summed E-state index contributed by atoms with van der Waals surface area (Å²) in [6, 6.07) is 2.02.